The molecule has 2 saturated heterocycles. The van der Waals surface area contributed by atoms with Crippen molar-refractivity contribution in [3.05, 3.63) is 30.1 Å². The van der Waals surface area contributed by atoms with E-state index in [0.29, 0.717) is 5.25 Å². The molecule has 0 aromatic carbocycles. The molecule has 25 heavy (non-hydrogen) atoms. The summed E-state index contributed by atoms with van der Waals surface area (Å²) < 4.78 is 0. The molecule has 0 bridgehead atoms. The highest BCUT2D eigenvalue weighted by atomic mass is 32.2. The number of nitrogens with zero attached hydrogens (tertiary/aromatic N) is 1. The first-order valence-electron chi connectivity index (χ1n) is 8.01. The Morgan fingerprint density at radius 1 is 1.28 bits per heavy atom. The zero-order chi connectivity index (χ0) is 18.2. The Morgan fingerprint density at radius 2 is 2.08 bits per heavy atom. The maximum atomic E-state index is 11.1. The molecular weight excluding hydrogens is 346 g/mol. The van der Waals surface area contributed by atoms with E-state index < -0.39 is 11.9 Å². The van der Waals surface area contributed by atoms with Gasteiger partial charge >= 0.3 is 18.0 Å². The van der Waals surface area contributed by atoms with Crippen LogP contribution in [0.4, 0.5) is 4.79 Å². The van der Waals surface area contributed by atoms with E-state index in [9.17, 15) is 14.4 Å². The summed E-state index contributed by atoms with van der Waals surface area (Å²) in [4.78, 5) is 35.2. The lowest BCUT2D eigenvalue weighted by Crippen LogP contribution is -2.36. The van der Waals surface area contributed by atoms with Crippen LogP contribution in [0, 0.1) is 0 Å². The third-order valence-electron chi connectivity index (χ3n) is 3.98. The fraction of sp³-hybridized carbons (Fsp3) is 0.500. The van der Waals surface area contributed by atoms with E-state index in [0.717, 1.165) is 25.0 Å². The molecule has 3 heterocycles. The first kappa shape index (κ1) is 19.0. The van der Waals surface area contributed by atoms with Gasteiger partial charge in [-0.2, -0.15) is 11.8 Å². The second-order valence-corrected chi connectivity index (χ2v) is 7.08. The number of carboxylic acids is 2. The largest absolute Gasteiger partial charge is 0.481 e. The van der Waals surface area contributed by atoms with E-state index >= 15 is 0 Å². The average Bonchev–Trinajstić information content (AvgIpc) is 3.12. The first-order chi connectivity index (χ1) is 12.0. The second-order valence-electron chi connectivity index (χ2n) is 5.81. The Balaban J connectivity index is 0.000000212. The van der Waals surface area contributed by atoms with Gasteiger partial charge in [0.1, 0.15) is 0 Å². The van der Waals surface area contributed by atoms with Crippen LogP contribution in [0.2, 0.25) is 0 Å². The third-order valence-corrected chi connectivity index (χ3v) is 5.48. The molecule has 136 valence electrons. The van der Waals surface area contributed by atoms with Crippen LogP contribution in [0.25, 0.3) is 0 Å². The molecule has 2 aliphatic heterocycles. The predicted molar refractivity (Wildman–Crippen MR) is 92.8 cm³/mol. The van der Waals surface area contributed by atoms with E-state index in [1.165, 1.54) is 18.5 Å². The van der Waals surface area contributed by atoms with Gasteiger partial charge in [-0.25, -0.2) is 9.59 Å². The van der Waals surface area contributed by atoms with Crippen LogP contribution in [0.15, 0.2) is 24.5 Å². The van der Waals surface area contributed by atoms with Gasteiger partial charge in [-0.1, -0.05) is 6.42 Å². The standard InChI is InChI=1S/C10H16N2O3S.C6H5NO2/c13-8(14)4-2-1-3-7-9-6(5-16-7)11-10(15)12-9;8-6(9)5-2-1-3-7-4-5/h6-7,9H,1-5H2,(H,13,14)(H2,11,12,15);1-4H,(H,8,9)/t6-,7-,9-;/m0./s1. The van der Waals surface area contributed by atoms with Crippen LogP contribution < -0.4 is 10.6 Å². The Bertz CT molecular complexity index is 613. The van der Waals surface area contributed by atoms with Crippen LogP contribution in [0.5, 0.6) is 0 Å². The number of fused-ring (bicyclic) bond motifs is 1. The number of carbonyl (C=O) groups is 3. The molecule has 2 aliphatic rings. The van der Waals surface area contributed by atoms with Crippen molar-refractivity contribution in [2.75, 3.05) is 5.75 Å². The monoisotopic (exact) mass is 367 g/mol. The lowest BCUT2D eigenvalue weighted by Gasteiger charge is -2.16. The van der Waals surface area contributed by atoms with E-state index in [1.54, 1.807) is 6.07 Å². The van der Waals surface area contributed by atoms with Crippen molar-refractivity contribution in [3.8, 4) is 0 Å². The van der Waals surface area contributed by atoms with Gasteiger partial charge in [0.2, 0.25) is 0 Å². The number of aromatic carboxylic acids is 1. The van der Waals surface area contributed by atoms with Gasteiger partial charge in [0.15, 0.2) is 0 Å². The summed E-state index contributed by atoms with van der Waals surface area (Å²) in [7, 11) is 0. The number of carbonyl (C=O) groups excluding carboxylic acids is 1. The summed E-state index contributed by atoms with van der Waals surface area (Å²) in [5, 5.41) is 23.1. The normalized spacial score (nSPS) is 23.7. The molecule has 2 fully saturated rings. The number of rotatable bonds is 6. The number of amides is 2. The Kier molecular flexibility index (Phi) is 7.05. The first-order valence-corrected chi connectivity index (χ1v) is 9.06. The van der Waals surface area contributed by atoms with E-state index in [1.807, 2.05) is 11.8 Å². The number of pyridine rings is 1. The number of hydrogen-bond acceptors (Lipinski definition) is 5. The Morgan fingerprint density at radius 3 is 2.68 bits per heavy atom. The topological polar surface area (TPSA) is 129 Å². The summed E-state index contributed by atoms with van der Waals surface area (Å²) in [6.07, 6.45) is 5.72. The van der Waals surface area contributed by atoms with Crippen molar-refractivity contribution in [1.82, 2.24) is 15.6 Å². The second kappa shape index (κ2) is 9.26. The molecule has 3 atom stereocenters. The van der Waals surface area contributed by atoms with Crippen LogP contribution in [-0.2, 0) is 4.79 Å². The quantitative estimate of drug-likeness (QED) is 0.444. The van der Waals surface area contributed by atoms with Gasteiger partial charge in [0, 0.05) is 29.8 Å². The molecule has 0 unspecified atom stereocenters. The zero-order valence-corrected chi connectivity index (χ0v) is 14.4. The van der Waals surface area contributed by atoms with Gasteiger partial charge in [0.05, 0.1) is 17.6 Å². The maximum Gasteiger partial charge on any atom is 0.337 e. The third kappa shape index (κ3) is 5.93. The minimum Gasteiger partial charge on any atom is -0.481 e. The maximum absolute atomic E-state index is 11.1. The fourth-order valence-corrected chi connectivity index (χ4v) is 4.30. The lowest BCUT2D eigenvalue weighted by atomic mass is 10.0. The number of aliphatic carboxylic acids is 1. The lowest BCUT2D eigenvalue weighted by molar-refractivity contribution is -0.137. The van der Waals surface area contributed by atoms with E-state index in [4.69, 9.17) is 10.2 Å². The summed E-state index contributed by atoms with van der Waals surface area (Å²) in [5.41, 5.74) is 0.220. The van der Waals surface area contributed by atoms with Crippen molar-refractivity contribution in [2.24, 2.45) is 0 Å². The van der Waals surface area contributed by atoms with Gasteiger partial charge in [0.25, 0.3) is 0 Å². The molecule has 0 saturated carbocycles. The number of nitrogens with one attached hydrogen (secondary N) is 2. The van der Waals surface area contributed by atoms with Crippen molar-refractivity contribution in [2.45, 2.75) is 43.0 Å². The number of aromatic nitrogens is 1. The molecule has 4 N–H and O–H groups in total. The molecular formula is C16H21N3O5S. The van der Waals surface area contributed by atoms with Gasteiger partial charge in [-0.05, 0) is 25.0 Å². The summed E-state index contributed by atoms with van der Waals surface area (Å²) >= 11 is 1.87. The average molecular weight is 367 g/mol. The van der Waals surface area contributed by atoms with Crippen molar-refractivity contribution in [3.63, 3.8) is 0 Å². The Labute approximate surface area is 149 Å². The zero-order valence-electron chi connectivity index (χ0n) is 13.6. The molecule has 8 nitrogen and oxygen atoms in total. The number of hydrogen-bond donors (Lipinski definition) is 4. The molecule has 9 heteroatoms. The molecule has 3 rings (SSSR count). The van der Waals surface area contributed by atoms with Crippen molar-refractivity contribution < 1.29 is 24.6 Å². The molecule has 0 spiro atoms. The van der Waals surface area contributed by atoms with Crippen molar-refractivity contribution in [1.29, 1.82) is 0 Å². The highest BCUT2D eigenvalue weighted by molar-refractivity contribution is 8.00. The molecule has 0 aliphatic carbocycles. The van der Waals surface area contributed by atoms with E-state index in [2.05, 4.69) is 15.6 Å². The number of unbranched alkanes of at least 4 members (excludes halogenated alkanes) is 1. The van der Waals surface area contributed by atoms with Gasteiger partial charge < -0.3 is 20.8 Å². The van der Waals surface area contributed by atoms with Crippen LogP contribution in [0.1, 0.15) is 36.0 Å². The smallest absolute Gasteiger partial charge is 0.337 e. The predicted octanol–water partition coefficient (Wildman–Crippen LogP) is 1.58. The minimum absolute atomic E-state index is 0.0640. The van der Waals surface area contributed by atoms with E-state index in [-0.39, 0.29) is 30.1 Å². The number of thioether (sulfide) groups is 1. The SMILES string of the molecule is O=C(O)CCCC[C@@H]1SC[C@@H]2NC(=O)N[C@@H]21.O=C(O)c1cccnc1. The molecule has 2 amide bonds. The highest BCUT2D eigenvalue weighted by Crippen LogP contribution is 2.33. The van der Waals surface area contributed by atoms with Crippen LogP contribution >= 0.6 is 11.8 Å². The molecule has 1 aromatic heterocycles. The highest BCUT2D eigenvalue weighted by Gasteiger charge is 2.42. The minimum atomic E-state index is -0.942. The van der Waals surface area contributed by atoms with Crippen LogP contribution in [-0.4, -0.2) is 56.3 Å². The molecule has 0 radical (unpaired) electrons. The Hall–Kier alpha value is -2.29. The number of carboxylic acid groups (broad SMARTS) is 2. The van der Waals surface area contributed by atoms with Gasteiger partial charge in [-0.15, -0.1) is 0 Å². The molecule has 1 aromatic rings. The summed E-state index contributed by atoms with van der Waals surface area (Å²) in [6.45, 7) is 0. The number of urea groups is 1. The van der Waals surface area contributed by atoms with Crippen LogP contribution in [0.3, 0.4) is 0 Å². The van der Waals surface area contributed by atoms with Crippen molar-refractivity contribution >= 4 is 29.7 Å². The van der Waals surface area contributed by atoms with Gasteiger partial charge in [-0.3, -0.25) is 9.78 Å². The summed E-state index contributed by atoms with van der Waals surface area (Å²) in [5.74, 6) is -0.705. The summed E-state index contributed by atoms with van der Waals surface area (Å²) in [6, 6.07) is 3.52. The fourth-order valence-electron chi connectivity index (χ4n) is 2.75.